The quantitative estimate of drug-likeness (QED) is 0.282. The van der Waals surface area contributed by atoms with E-state index in [1.807, 2.05) is 6.07 Å². The number of fused-ring (bicyclic) bond motifs is 1. The van der Waals surface area contributed by atoms with Crippen LogP contribution in [0.4, 0.5) is 0 Å². The molecule has 0 aliphatic rings. The summed E-state index contributed by atoms with van der Waals surface area (Å²) < 4.78 is 1.08. The van der Waals surface area contributed by atoms with Gasteiger partial charge in [-0.3, -0.25) is 0 Å². The van der Waals surface area contributed by atoms with Crippen LogP contribution in [0.3, 0.4) is 0 Å². The van der Waals surface area contributed by atoms with Crippen LogP contribution >= 0.6 is 50.1 Å². The number of benzene rings is 3. The first-order chi connectivity index (χ1) is 10.1. The molecule has 0 aliphatic heterocycles. The van der Waals surface area contributed by atoms with Crippen molar-refractivity contribution in [3.8, 4) is 0 Å². The Morgan fingerprint density at radius 1 is 1.05 bits per heavy atom. The van der Waals surface area contributed by atoms with Gasteiger partial charge in [0.2, 0.25) is 0 Å². The number of hydrogen-bond acceptors (Lipinski definition) is 0. The first-order valence-corrected chi connectivity index (χ1v) is 9.02. The van der Waals surface area contributed by atoms with Crippen molar-refractivity contribution in [3.63, 3.8) is 0 Å². The van der Waals surface area contributed by atoms with Gasteiger partial charge in [-0.25, -0.2) is 0 Å². The normalized spacial score (nSPS) is 12.6. The standard InChI is InChI=1S/C18H13BrClI/c1-11-6-7-12-4-2-3-5-14(12)17(11)18(19)13-8-9-16(21)15(20)10-13/h2-10,18H,1H3. The summed E-state index contributed by atoms with van der Waals surface area (Å²) in [5, 5.41) is 3.35. The summed E-state index contributed by atoms with van der Waals surface area (Å²) in [6, 6.07) is 19.1. The Hall–Kier alpha value is -0.580. The van der Waals surface area contributed by atoms with Gasteiger partial charge in [-0.05, 0) is 69.1 Å². The highest BCUT2D eigenvalue weighted by Crippen LogP contribution is 2.38. The molecule has 0 aliphatic carbocycles. The summed E-state index contributed by atoms with van der Waals surface area (Å²) in [5.41, 5.74) is 3.77. The fraction of sp³-hybridized carbons (Fsp3) is 0.111. The molecule has 21 heavy (non-hydrogen) atoms. The summed E-state index contributed by atoms with van der Waals surface area (Å²) in [4.78, 5) is 0.137. The lowest BCUT2D eigenvalue weighted by Gasteiger charge is -2.17. The molecule has 1 unspecified atom stereocenters. The summed E-state index contributed by atoms with van der Waals surface area (Å²) in [6.45, 7) is 2.16. The van der Waals surface area contributed by atoms with E-state index in [9.17, 15) is 0 Å². The topological polar surface area (TPSA) is 0 Å². The van der Waals surface area contributed by atoms with E-state index in [1.54, 1.807) is 0 Å². The molecular formula is C18H13BrClI. The largest absolute Gasteiger partial charge is 0.0832 e. The number of alkyl halides is 1. The summed E-state index contributed by atoms with van der Waals surface area (Å²) >= 11 is 12.4. The van der Waals surface area contributed by atoms with E-state index in [-0.39, 0.29) is 4.83 Å². The average molecular weight is 472 g/mol. The van der Waals surface area contributed by atoms with Crippen molar-refractivity contribution >= 4 is 60.9 Å². The van der Waals surface area contributed by atoms with Crippen molar-refractivity contribution < 1.29 is 0 Å². The zero-order chi connectivity index (χ0) is 15.0. The maximum atomic E-state index is 6.28. The Morgan fingerprint density at radius 3 is 2.57 bits per heavy atom. The Bertz CT molecular complexity index is 813. The molecule has 0 aromatic heterocycles. The van der Waals surface area contributed by atoms with E-state index in [0.717, 1.165) is 8.59 Å². The van der Waals surface area contributed by atoms with Gasteiger partial charge in [0, 0.05) is 3.57 Å². The Labute approximate surface area is 151 Å². The maximum absolute atomic E-state index is 6.28. The third kappa shape index (κ3) is 2.99. The van der Waals surface area contributed by atoms with Crippen LogP contribution in [0.5, 0.6) is 0 Å². The molecule has 3 heteroatoms. The lowest BCUT2D eigenvalue weighted by atomic mass is 9.94. The molecule has 0 spiro atoms. The number of halogens is 3. The first kappa shape index (κ1) is 15.3. The van der Waals surface area contributed by atoms with Crippen LogP contribution in [0, 0.1) is 10.5 Å². The van der Waals surface area contributed by atoms with Crippen LogP contribution in [0.15, 0.2) is 54.6 Å². The highest BCUT2D eigenvalue weighted by molar-refractivity contribution is 14.1. The Morgan fingerprint density at radius 2 is 1.81 bits per heavy atom. The molecule has 0 amide bonds. The Balaban J connectivity index is 2.19. The van der Waals surface area contributed by atoms with Gasteiger partial charge < -0.3 is 0 Å². The Kier molecular flexibility index (Phi) is 4.57. The van der Waals surface area contributed by atoms with E-state index < -0.39 is 0 Å². The van der Waals surface area contributed by atoms with Crippen LogP contribution in [-0.2, 0) is 0 Å². The van der Waals surface area contributed by atoms with Crippen LogP contribution in [-0.4, -0.2) is 0 Å². The molecule has 0 bridgehead atoms. The minimum absolute atomic E-state index is 0.137. The second kappa shape index (κ2) is 6.27. The summed E-state index contributed by atoms with van der Waals surface area (Å²) in [5.74, 6) is 0. The van der Waals surface area contributed by atoms with Crippen molar-refractivity contribution in [2.45, 2.75) is 11.8 Å². The highest BCUT2D eigenvalue weighted by Gasteiger charge is 2.16. The van der Waals surface area contributed by atoms with Gasteiger partial charge in [-0.1, -0.05) is 70.0 Å². The van der Waals surface area contributed by atoms with Crippen molar-refractivity contribution in [1.82, 2.24) is 0 Å². The van der Waals surface area contributed by atoms with Crippen LogP contribution in [0.1, 0.15) is 21.5 Å². The minimum Gasteiger partial charge on any atom is -0.0832 e. The third-order valence-electron chi connectivity index (χ3n) is 3.68. The van der Waals surface area contributed by atoms with Gasteiger partial charge in [0.25, 0.3) is 0 Å². The van der Waals surface area contributed by atoms with E-state index in [0.29, 0.717) is 0 Å². The second-order valence-electron chi connectivity index (χ2n) is 5.05. The maximum Gasteiger partial charge on any atom is 0.0653 e. The molecule has 0 saturated heterocycles. The van der Waals surface area contributed by atoms with E-state index in [4.69, 9.17) is 11.6 Å². The fourth-order valence-corrected chi connectivity index (χ4v) is 3.99. The van der Waals surface area contributed by atoms with Crippen molar-refractivity contribution in [1.29, 1.82) is 0 Å². The zero-order valence-electron chi connectivity index (χ0n) is 11.4. The minimum atomic E-state index is 0.137. The van der Waals surface area contributed by atoms with Crippen molar-refractivity contribution in [3.05, 3.63) is 79.9 Å². The number of aryl methyl sites for hydroxylation is 1. The highest BCUT2D eigenvalue weighted by atomic mass is 127. The lowest BCUT2D eigenvalue weighted by Crippen LogP contribution is -1.98. The summed E-state index contributed by atoms with van der Waals surface area (Å²) in [6.07, 6.45) is 0. The van der Waals surface area contributed by atoms with Gasteiger partial charge in [-0.15, -0.1) is 0 Å². The SMILES string of the molecule is Cc1ccc2ccccc2c1C(Br)c1ccc(I)c(Cl)c1. The molecule has 0 N–H and O–H groups in total. The van der Waals surface area contributed by atoms with Crippen molar-refractivity contribution in [2.24, 2.45) is 0 Å². The molecule has 0 nitrogen and oxygen atoms in total. The first-order valence-electron chi connectivity index (χ1n) is 6.65. The number of hydrogen-bond donors (Lipinski definition) is 0. The van der Waals surface area contributed by atoms with Gasteiger partial charge >= 0.3 is 0 Å². The van der Waals surface area contributed by atoms with Crippen LogP contribution < -0.4 is 0 Å². The third-order valence-corrected chi connectivity index (χ3v) is 6.24. The van der Waals surface area contributed by atoms with Crippen LogP contribution in [0.25, 0.3) is 10.8 Å². The predicted octanol–water partition coefficient (Wildman–Crippen LogP) is 6.89. The molecule has 1 atom stereocenters. The molecule has 106 valence electrons. The molecule has 0 heterocycles. The fourth-order valence-electron chi connectivity index (χ4n) is 2.58. The molecule has 0 saturated carbocycles. The molecule has 0 radical (unpaired) electrons. The molecular weight excluding hydrogens is 458 g/mol. The zero-order valence-corrected chi connectivity index (χ0v) is 15.9. The number of rotatable bonds is 2. The smallest absolute Gasteiger partial charge is 0.0653 e. The second-order valence-corrected chi connectivity index (χ2v) is 7.54. The molecule has 3 aromatic carbocycles. The molecule has 0 fully saturated rings. The van der Waals surface area contributed by atoms with Crippen LogP contribution in [0.2, 0.25) is 5.02 Å². The van der Waals surface area contributed by atoms with Gasteiger partial charge in [0.15, 0.2) is 0 Å². The monoisotopic (exact) mass is 470 g/mol. The average Bonchev–Trinajstić information content (AvgIpc) is 2.49. The lowest BCUT2D eigenvalue weighted by molar-refractivity contribution is 1.16. The summed E-state index contributed by atoms with van der Waals surface area (Å²) in [7, 11) is 0. The van der Waals surface area contributed by atoms with Crippen molar-refractivity contribution in [2.75, 3.05) is 0 Å². The molecule has 3 rings (SSSR count). The van der Waals surface area contributed by atoms with E-state index in [1.165, 1.54) is 27.5 Å². The van der Waals surface area contributed by atoms with Gasteiger partial charge in [-0.2, -0.15) is 0 Å². The molecule has 3 aromatic rings. The predicted molar refractivity (Wildman–Crippen MR) is 104 cm³/mol. The van der Waals surface area contributed by atoms with E-state index in [2.05, 4.69) is 94.0 Å². The van der Waals surface area contributed by atoms with Gasteiger partial charge in [0.1, 0.15) is 0 Å². The van der Waals surface area contributed by atoms with Gasteiger partial charge in [0.05, 0.1) is 9.85 Å². The van der Waals surface area contributed by atoms with E-state index >= 15 is 0 Å².